The van der Waals surface area contributed by atoms with Crippen LogP contribution in [0.25, 0.3) is 22.3 Å². The molecule has 0 unspecified atom stereocenters. The minimum Gasteiger partial charge on any atom is -0.298 e. The zero-order valence-corrected chi connectivity index (χ0v) is 35.9. The highest BCUT2D eigenvalue weighted by Gasteiger charge is 2.48. The van der Waals surface area contributed by atoms with Gasteiger partial charge in [-0.2, -0.15) is 0 Å². The molecule has 5 aromatic rings. The van der Waals surface area contributed by atoms with Crippen molar-refractivity contribution in [2.75, 3.05) is 0 Å². The van der Waals surface area contributed by atoms with Gasteiger partial charge in [0.05, 0.1) is 0 Å². The molecule has 0 spiro atoms. The van der Waals surface area contributed by atoms with Crippen LogP contribution in [0.1, 0.15) is 182 Å². The molecule has 0 saturated heterocycles. The largest absolute Gasteiger partial charge is 0.298 e. The van der Waals surface area contributed by atoms with Crippen LogP contribution in [0.5, 0.6) is 0 Å². The van der Waals surface area contributed by atoms with Crippen LogP contribution in [0.15, 0.2) is 97.1 Å². The Morgan fingerprint density at radius 3 is 1.16 bits per heavy atom. The fourth-order valence-corrected chi connectivity index (χ4v) is 10.7. The van der Waals surface area contributed by atoms with Gasteiger partial charge in [-0.3, -0.25) is 9.59 Å². The lowest BCUT2D eigenvalue weighted by molar-refractivity contribution is 0.111. The SMILES string of the molecule is CCCCCCCCC1(CCCCCCCC)c2cc(C)ccc2-c2cc3c(cc21)-c1ccc(C)cc1C3(CCc1ccc(C=O)cc1)CCc1ccc(C=O)cc1. The lowest BCUT2D eigenvalue weighted by atomic mass is 9.68. The van der Waals surface area contributed by atoms with Gasteiger partial charge in [0.25, 0.3) is 0 Å². The van der Waals surface area contributed by atoms with E-state index in [9.17, 15) is 9.59 Å². The van der Waals surface area contributed by atoms with Crippen molar-refractivity contribution >= 4 is 12.6 Å². The molecule has 0 atom stereocenters. The Labute approximate surface area is 349 Å². The van der Waals surface area contributed by atoms with Gasteiger partial charge in [-0.25, -0.2) is 0 Å². The highest BCUT2D eigenvalue weighted by molar-refractivity contribution is 5.90. The van der Waals surface area contributed by atoms with Gasteiger partial charge in [-0.15, -0.1) is 0 Å². The summed E-state index contributed by atoms with van der Waals surface area (Å²) in [5.41, 5.74) is 18.3. The van der Waals surface area contributed by atoms with Crippen molar-refractivity contribution in [1.82, 2.24) is 0 Å². The standard InChI is InChI=1S/C56H66O2/c1-5-7-9-11-13-15-31-55(32-16-14-12-10-8-6-2)51-35-41(3)17-27-47(51)49-38-54-50(37-53(49)55)48-28-18-42(4)36-52(48)56(54,33-29-43-19-23-45(39-57)24-20-43)34-30-44-21-25-46(40-58)26-22-44/h17-28,35-40H,5-16,29-34H2,1-4H3. The highest BCUT2D eigenvalue weighted by atomic mass is 16.1. The number of benzene rings is 5. The average molecular weight is 771 g/mol. The summed E-state index contributed by atoms with van der Waals surface area (Å²) in [4.78, 5) is 23.1. The smallest absolute Gasteiger partial charge is 0.150 e. The maximum absolute atomic E-state index is 11.6. The molecule has 58 heavy (non-hydrogen) atoms. The molecule has 0 aromatic heterocycles. The van der Waals surface area contributed by atoms with Crippen LogP contribution in [-0.4, -0.2) is 12.6 Å². The van der Waals surface area contributed by atoms with E-state index in [1.807, 2.05) is 24.3 Å². The molecule has 0 radical (unpaired) electrons. The van der Waals surface area contributed by atoms with Crippen LogP contribution in [-0.2, 0) is 23.7 Å². The van der Waals surface area contributed by atoms with Crippen molar-refractivity contribution in [1.29, 1.82) is 0 Å². The number of carbonyl (C=O) groups is 2. The van der Waals surface area contributed by atoms with E-state index in [-0.39, 0.29) is 10.8 Å². The summed E-state index contributed by atoms with van der Waals surface area (Å²) in [5.74, 6) is 0. The van der Waals surface area contributed by atoms with E-state index in [4.69, 9.17) is 0 Å². The Hall–Kier alpha value is -4.56. The van der Waals surface area contributed by atoms with Gasteiger partial charge in [-0.1, -0.05) is 187 Å². The minimum atomic E-state index is -0.201. The maximum Gasteiger partial charge on any atom is 0.150 e. The van der Waals surface area contributed by atoms with Gasteiger partial charge in [0.2, 0.25) is 0 Å². The molecule has 0 N–H and O–H groups in total. The number of hydrogen-bond donors (Lipinski definition) is 0. The van der Waals surface area contributed by atoms with E-state index in [0.29, 0.717) is 0 Å². The topological polar surface area (TPSA) is 34.1 Å². The number of rotatable bonds is 22. The van der Waals surface area contributed by atoms with Crippen molar-refractivity contribution in [2.45, 2.75) is 154 Å². The fourth-order valence-electron chi connectivity index (χ4n) is 10.7. The second kappa shape index (κ2) is 19.0. The minimum absolute atomic E-state index is 0.0258. The molecule has 7 rings (SSSR count). The van der Waals surface area contributed by atoms with E-state index >= 15 is 0 Å². The fraction of sp³-hybridized carbons (Fsp3) is 0.429. The Bertz CT molecular complexity index is 2100. The van der Waals surface area contributed by atoms with Crippen LogP contribution in [0.4, 0.5) is 0 Å². The highest BCUT2D eigenvalue weighted by Crippen LogP contribution is 2.61. The zero-order chi connectivity index (χ0) is 40.5. The summed E-state index contributed by atoms with van der Waals surface area (Å²) in [7, 11) is 0. The van der Waals surface area contributed by atoms with E-state index in [1.54, 1.807) is 11.1 Å². The van der Waals surface area contributed by atoms with Crippen molar-refractivity contribution in [3.63, 3.8) is 0 Å². The van der Waals surface area contributed by atoms with E-state index < -0.39 is 0 Å². The predicted octanol–water partition coefficient (Wildman–Crippen LogP) is 15.2. The molecule has 2 nitrogen and oxygen atoms in total. The first-order valence-corrected chi connectivity index (χ1v) is 22.9. The molecule has 2 heteroatoms. The third-order valence-corrected chi connectivity index (χ3v) is 14.0. The van der Waals surface area contributed by atoms with E-state index in [1.165, 1.54) is 146 Å². The Balaban J connectivity index is 1.36. The molecule has 0 aliphatic heterocycles. The van der Waals surface area contributed by atoms with Gasteiger partial charge in [0.1, 0.15) is 12.6 Å². The second-order valence-corrected chi connectivity index (χ2v) is 18.0. The maximum atomic E-state index is 11.6. The van der Waals surface area contributed by atoms with Crippen LogP contribution in [0.2, 0.25) is 0 Å². The molecule has 0 saturated carbocycles. The summed E-state index contributed by atoms with van der Waals surface area (Å²) in [6.07, 6.45) is 23.9. The molecule has 0 bridgehead atoms. The number of carbonyl (C=O) groups excluding carboxylic acids is 2. The number of aldehydes is 2. The van der Waals surface area contributed by atoms with Gasteiger partial charge >= 0.3 is 0 Å². The number of fused-ring (bicyclic) bond motifs is 6. The summed E-state index contributed by atoms with van der Waals surface area (Å²) in [6, 6.07) is 36.4. The van der Waals surface area contributed by atoms with Gasteiger partial charge in [0, 0.05) is 22.0 Å². The van der Waals surface area contributed by atoms with Gasteiger partial charge < -0.3 is 0 Å². The normalized spacial score (nSPS) is 14.1. The first-order valence-electron chi connectivity index (χ1n) is 22.9. The quantitative estimate of drug-likeness (QED) is 0.0519. The first-order chi connectivity index (χ1) is 28.4. The predicted molar refractivity (Wildman–Crippen MR) is 245 cm³/mol. The average Bonchev–Trinajstić information content (AvgIpc) is 3.66. The van der Waals surface area contributed by atoms with Crippen molar-refractivity contribution in [3.05, 3.63) is 153 Å². The summed E-state index contributed by atoms with van der Waals surface area (Å²) in [5, 5.41) is 0. The van der Waals surface area contributed by atoms with Crippen molar-refractivity contribution in [3.8, 4) is 22.3 Å². The lowest BCUT2D eigenvalue weighted by Gasteiger charge is -2.35. The molecule has 0 fully saturated rings. The zero-order valence-electron chi connectivity index (χ0n) is 35.9. The van der Waals surface area contributed by atoms with Crippen LogP contribution in [0, 0.1) is 13.8 Å². The second-order valence-electron chi connectivity index (χ2n) is 18.0. The Morgan fingerprint density at radius 1 is 0.397 bits per heavy atom. The Morgan fingerprint density at radius 2 is 0.759 bits per heavy atom. The number of hydrogen-bond acceptors (Lipinski definition) is 2. The summed E-state index contributed by atoms with van der Waals surface area (Å²) >= 11 is 0. The molecule has 302 valence electrons. The monoisotopic (exact) mass is 771 g/mol. The van der Waals surface area contributed by atoms with Crippen LogP contribution >= 0.6 is 0 Å². The number of aryl methyl sites for hydroxylation is 4. The van der Waals surface area contributed by atoms with Crippen LogP contribution in [0.3, 0.4) is 0 Å². The third kappa shape index (κ3) is 8.59. The summed E-state index contributed by atoms with van der Waals surface area (Å²) < 4.78 is 0. The van der Waals surface area contributed by atoms with E-state index in [0.717, 1.165) is 49.4 Å². The molecule has 0 heterocycles. The molecular formula is C56H66O2. The van der Waals surface area contributed by atoms with Crippen molar-refractivity contribution < 1.29 is 9.59 Å². The molecule has 0 amide bonds. The first kappa shape index (κ1) is 41.6. The Kier molecular flexibility index (Phi) is 13.6. The third-order valence-electron chi connectivity index (χ3n) is 14.0. The van der Waals surface area contributed by atoms with Gasteiger partial charge in [-0.05, 0) is 120 Å². The van der Waals surface area contributed by atoms with Crippen LogP contribution < -0.4 is 0 Å². The number of unbranched alkanes of at least 4 members (excludes halogenated alkanes) is 10. The lowest BCUT2D eigenvalue weighted by Crippen LogP contribution is -2.28. The van der Waals surface area contributed by atoms with Gasteiger partial charge in [0.15, 0.2) is 0 Å². The molecule has 2 aliphatic carbocycles. The molecule has 5 aromatic carbocycles. The van der Waals surface area contributed by atoms with E-state index in [2.05, 4.69) is 100 Å². The molecular weight excluding hydrogens is 705 g/mol. The molecule has 2 aliphatic rings. The summed E-state index contributed by atoms with van der Waals surface area (Å²) in [6.45, 7) is 9.16. The van der Waals surface area contributed by atoms with Crippen molar-refractivity contribution in [2.24, 2.45) is 0 Å².